The molecule has 1 atom stereocenters. The second-order valence-electron chi connectivity index (χ2n) is 6.49. The van der Waals surface area contributed by atoms with Gasteiger partial charge >= 0.3 is 0 Å². The van der Waals surface area contributed by atoms with Crippen LogP contribution < -0.4 is 5.56 Å². The maximum absolute atomic E-state index is 12.8. The molecule has 1 saturated heterocycles. The molecule has 0 radical (unpaired) electrons. The van der Waals surface area contributed by atoms with Crippen molar-refractivity contribution in [2.24, 2.45) is 0 Å². The third kappa shape index (κ3) is 3.42. The Morgan fingerprint density at radius 1 is 1.12 bits per heavy atom. The Kier molecular flexibility index (Phi) is 4.48. The average Bonchev–Trinajstić information content (AvgIpc) is 2.64. The summed E-state index contributed by atoms with van der Waals surface area (Å²) in [7, 11) is 0. The van der Waals surface area contributed by atoms with Gasteiger partial charge in [-0.2, -0.15) is 0 Å². The molecule has 0 aliphatic carbocycles. The third-order valence-corrected chi connectivity index (χ3v) is 4.67. The van der Waals surface area contributed by atoms with Crippen LogP contribution in [0.2, 0.25) is 0 Å². The van der Waals surface area contributed by atoms with Gasteiger partial charge in [0.1, 0.15) is 0 Å². The largest absolute Gasteiger partial charge is 0.390 e. The van der Waals surface area contributed by atoms with Gasteiger partial charge in [0, 0.05) is 19.6 Å². The second-order valence-corrected chi connectivity index (χ2v) is 6.49. The van der Waals surface area contributed by atoms with Crippen LogP contribution in [0, 0.1) is 0 Å². The molecule has 6 heteroatoms. The summed E-state index contributed by atoms with van der Waals surface area (Å²) in [6.07, 6.45) is 0.914. The van der Waals surface area contributed by atoms with Gasteiger partial charge in [-0.1, -0.05) is 24.3 Å². The SMILES string of the molecule is O=c1c2cc3ccccc3cc2ncn1CC(O)CN1CCOCC1. The highest BCUT2D eigenvalue weighted by molar-refractivity contribution is 5.95. The fourth-order valence-electron chi connectivity index (χ4n) is 3.34. The third-order valence-electron chi connectivity index (χ3n) is 4.67. The topological polar surface area (TPSA) is 67.6 Å². The quantitative estimate of drug-likeness (QED) is 0.725. The van der Waals surface area contributed by atoms with E-state index in [2.05, 4.69) is 9.88 Å². The zero-order chi connectivity index (χ0) is 17.2. The molecular formula is C19H21N3O3. The van der Waals surface area contributed by atoms with Crippen LogP contribution in [0.4, 0.5) is 0 Å². The summed E-state index contributed by atoms with van der Waals surface area (Å²) < 4.78 is 6.82. The van der Waals surface area contributed by atoms with E-state index in [1.54, 1.807) is 0 Å². The van der Waals surface area contributed by atoms with Gasteiger partial charge in [0.2, 0.25) is 0 Å². The maximum Gasteiger partial charge on any atom is 0.261 e. The Balaban J connectivity index is 1.60. The van der Waals surface area contributed by atoms with Gasteiger partial charge in [-0.3, -0.25) is 14.3 Å². The molecule has 1 aromatic heterocycles. The summed E-state index contributed by atoms with van der Waals surface area (Å²) in [5.41, 5.74) is 0.569. The van der Waals surface area contributed by atoms with Crippen LogP contribution in [0.25, 0.3) is 21.7 Å². The van der Waals surface area contributed by atoms with Crippen LogP contribution in [-0.4, -0.2) is 58.5 Å². The molecule has 1 fully saturated rings. The zero-order valence-electron chi connectivity index (χ0n) is 14.0. The van der Waals surface area contributed by atoms with Crippen molar-refractivity contribution in [3.63, 3.8) is 0 Å². The van der Waals surface area contributed by atoms with Crippen molar-refractivity contribution in [2.45, 2.75) is 12.6 Å². The normalized spacial score (nSPS) is 17.2. The maximum atomic E-state index is 12.8. The highest BCUT2D eigenvalue weighted by atomic mass is 16.5. The summed E-state index contributed by atoms with van der Waals surface area (Å²) in [5.74, 6) is 0. The van der Waals surface area contributed by atoms with Gasteiger partial charge in [-0.25, -0.2) is 4.98 Å². The first-order valence-electron chi connectivity index (χ1n) is 8.57. The highest BCUT2D eigenvalue weighted by Crippen LogP contribution is 2.18. The van der Waals surface area contributed by atoms with Crippen molar-refractivity contribution in [2.75, 3.05) is 32.8 Å². The van der Waals surface area contributed by atoms with E-state index in [0.717, 1.165) is 23.9 Å². The van der Waals surface area contributed by atoms with Gasteiger partial charge in [-0.15, -0.1) is 0 Å². The number of fused-ring (bicyclic) bond motifs is 2. The lowest BCUT2D eigenvalue weighted by molar-refractivity contribution is 0.0113. The van der Waals surface area contributed by atoms with E-state index in [1.165, 1.54) is 10.9 Å². The predicted molar refractivity (Wildman–Crippen MR) is 96.8 cm³/mol. The fourth-order valence-corrected chi connectivity index (χ4v) is 3.34. The van der Waals surface area contributed by atoms with E-state index in [9.17, 15) is 9.90 Å². The minimum absolute atomic E-state index is 0.114. The standard InChI is InChI=1S/C19H21N3O3/c23-16(11-21-5-7-25-8-6-21)12-22-13-20-18-10-15-4-2-1-3-14(15)9-17(18)19(22)24/h1-4,9-10,13,16,23H,5-8,11-12H2. The van der Waals surface area contributed by atoms with Crippen LogP contribution in [0.5, 0.6) is 0 Å². The molecule has 0 bridgehead atoms. The number of hydrogen-bond acceptors (Lipinski definition) is 5. The molecule has 0 spiro atoms. The van der Waals surface area contributed by atoms with Crippen LogP contribution in [0.3, 0.4) is 0 Å². The van der Waals surface area contributed by atoms with E-state index in [1.807, 2.05) is 36.4 Å². The number of benzene rings is 2. The highest BCUT2D eigenvalue weighted by Gasteiger charge is 2.16. The molecule has 4 rings (SSSR count). The molecule has 1 aliphatic heterocycles. The van der Waals surface area contributed by atoms with Gasteiger partial charge in [0.05, 0.1) is 43.1 Å². The Bertz CT molecular complexity index is 947. The number of nitrogens with zero attached hydrogens (tertiary/aromatic N) is 3. The lowest BCUT2D eigenvalue weighted by Gasteiger charge is -2.28. The molecule has 1 N–H and O–H groups in total. The summed E-state index contributed by atoms with van der Waals surface area (Å²) >= 11 is 0. The number of hydrogen-bond donors (Lipinski definition) is 1. The monoisotopic (exact) mass is 339 g/mol. The Morgan fingerprint density at radius 2 is 1.84 bits per heavy atom. The minimum Gasteiger partial charge on any atom is -0.390 e. The molecule has 0 saturated carbocycles. The predicted octanol–water partition coefficient (Wildman–Crippen LogP) is 1.24. The number of aromatic nitrogens is 2. The first-order valence-corrected chi connectivity index (χ1v) is 8.57. The molecular weight excluding hydrogens is 318 g/mol. The van der Waals surface area contributed by atoms with Gasteiger partial charge < -0.3 is 9.84 Å². The number of rotatable bonds is 4. The first kappa shape index (κ1) is 16.2. The lowest BCUT2D eigenvalue weighted by Crippen LogP contribution is -2.42. The smallest absolute Gasteiger partial charge is 0.261 e. The second kappa shape index (κ2) is 6.92. The van der Waals surface area contributed by atoms with Crippen LogP contribution in [-0.2, 0) is 11.3 Å². The van der Waals surface area contributed by atoms with Crippen LogP contribution in [0.1, 0.15) is 0 Å². The summed E-state index contributed by atoms with van der Waals surface area (Å²) in [6.45, 7) is 3.79. The lowest BCUT2D eigenvalue weighted by atomic mass is 10.1. The molecule has 6 nitrogen and oxygen atoms in total. The van der Waals surface area contributed by atoms with Crippen molar-refractivity contribution >= 4 is 21.7 Å². The van der Waals surface area contributed by atoms with E-state index >= 15 is 0 Å². The number of morpholine rings is 1. The summed E-state index contributed by atoms with van der Waals surface area (Å²) in [4.78, 5) is 19.3. The number of aliphatic hydroxyl groups excluding tert-OH is 1. The van der Waals surface area contributed by atoms with Crippen molar-refractivity contribution in [3.05, 3.63) is 53.1 Å². The van der Waals surface area contributed by atoms with E-state index in [-0.39, 0.29) is 12.1 Å². The van der Waals surface area contributed by atoms with Gasteiger partial charge in [0.15, 0.2) is 0 Å². The Morgan fingerprint density at radius 3 is 2.60 bits per heavy atom. The summed E-state index contributed by atoms with van der Waals surface area (Å²) in [5, 5.41) is 13.0. The molecule has 2 aromatic carbocycles. The number of ether oxygens (including phenoxy) is 1. The number of aliphatic hydroxyl groups is 1. The Hall–Kier alpha value is -2.28. The first-order chi connectivity index (χ1) is 12.2. The van der Waals surface area contributed by atoms with Crippen molar-refractivity contribution in [1.29, 1.82) is 0 Å². The average molecular weight is 339 g/mol. The zero-order valence-corrected chi connectivity index (χ0v) is 14.0. The van der Waals surface area contributed by atoms with Crippen molar-refractivity contribution < 1.29 is 9.84 Å². The molecule has 1 aliphatic rings. The van der Waals surface area contributed by atoms with Crippen molar-refractivity contribution in [1.82, 2.24) is 14.5 Å². The van der Waals surface area contributed by atoms with Crippen molar-refractivity contribution in [3.8, 4) is 0 Å². The van der Waals surface area contributed by atoms with E-state index in [0.29, 0.717) is 30.7 Å². The van der Waals surface area contributed by atoms with Gasteiger partial charge in [0.25, 0.3) is 5.56 Å². The number of β-amino-alcohol motifs (C(OH)–C–C–N with tert-alkyl or cyclic N) is 1. The van der Waals surface area contributed by atoms with E-state index < -0.39 is 6.10 Å². The molecule has 0 amide bonds. The van der Waals surface area contributed by atoms with Crippen LogP contribution in [0.15, 0.2) is 47.5 Å². The molecule has 25 heavy (non-hydrogen) atoms. The van der Waals surface area contributed by atoms with Crippen LogP contribution >= 0.6 is 0 Å². The molecule has 130 valence electrons. The molecule has 3 aromatic rings. The molecule has 2 heterocycles. The Labute approximate surface area is 145 Å². The van der Waals surface area contributed by atoms with Gasteiger partial charge in [-0.05, 0) is 22.9 Å². The van der Waals surface area contributed by atoms with E-state index in [4.69, 9.17) is 4.74 Å². The summed E-state index contributed by atoms with van der Waals surface area (Å²) in [6, 6.07) is 11.7. The molecule has 1 unspecified atom stereocenters. The fraction of sp³-hybridized carbons (Fsp3) is 0.368. The minimum atomic E-state index is -0.615.